The molecule has 136 valence electrons. The average Bonchev–Trinajstić information content (AvgIpc) is 3.23. The molecule has 1 unspecified atom stereocenters. The maximum Gasteiger partial charge on any atom is 0.412 e. The molecule has 4 rings (SSSR count). The first-order valence-corrected chi connectivity index (χ1v) is 9.23. The molecule has 0 aliphatic rings. The van der Waals surface area contributed by atoms with Gasteiger partial charge in [-0.1, -0.05) is 35.6 Å². The molecular weight excluding hydrogens is 362 g/mol. The smallest absolute Gasteiger partial charge is 0.412 e. The number of anilines is 1. The fourth-order valence-corrected chi connectivity index (χ4v) is 3.76. The van der Waals surface area contributed by atoms with Crippen molar-refractivity contribution in [2.75, 3.05) is 5.32 Å². The molecule has 0 saturated heterocycles. The topological polar surface area (TPSA) is 81.4 Å². The van der Waals surface area contributed by atoms with Gasteiger partial charge in [0.15, 0.2) is 0 Å². The number of nitrogens with zero attached hydrogens (tertiary/aromatic N) is 4. The van der Waals surface area contributed by atoms with Crippen LogP contribution in [-0.4, -0.2) is 25.7 Å². The van der Waals surface area contributed by atoms with Crippen LogP contribution < -0.4 is 5.32 Å². The lowest BCUT2D eigenvalue weighted by Gasteiger charge is -2.13. The first-order valence-electron chi connectivity index (χ1n) is 8.42. The molecule has 1 amide bonds. The molecule has 0 aliphatic carbocycles. The Morgan fingerprint density at radius 3 is 2.67 bits per heavy atom. The number of benzene rings is 1. The van der Waals surface area contributed by atoms with Crippen molar-refractivity contribution in [3.8, 4) is 11.5 Å². The number of hydrogen-bond donors (Lipinski definition) is 1. The quantitative estimate of drug-likeness (QED) is 0.566. The van der Waals surface area contributed by atoms with Gasteiger partial charge in [-0.15, -0.1) is 5.10 Å². The molecule has 0 bridgehead atoms. The van der Waals surface area contributed by atoms with Crippen molar-refractivity contribution in [1.29, 1.82) is 0 Å². The van der Waals surface area contributed by atoms with Gasteiger partial charge in [0.1, 0.15) is 11.8 Å². The molecule has 0 fully saturated rings. The normalized spacial score (nSPS) is 12.1. The molecule has 3 heterocycles. The summed E-state index contributed by atoms with van der Waals surface area (Å²) in [7, 11) is 0. The molecule has 0 spiro atoms. The van der Waals surface area contributed by atoms with Crippen molar-refractivity contribution in [2.45, 2.75) is 20.0 Å². The Morgan fingerprint density at radius 2 is 1.96 bits per heavy atom. The van der Waals surface area contributed by atoms with Gasteiger partial charge < -0.3 is 4.74 Å². The van der Waals surface area contributed by atoms with Crippen molar-refractivity contribution < 1.29 is 9.53 Å². The standard InChI is InChI=1S/C19H17N5O2S/c1-12-16(13(2)26-19(25)21-14-8-4-3-5-9-14)27-18-22-17(23-24(12)18)15-10-6-7-11-20-15/h3-11,13H,1-2H3,(H,21,25). The van der Waals surface area contributed by atoms with Gasteiger partial charge in [-0.25, -0.2) is 9.31 Å². The third-order valence-electron chi connectivity index (χ3n) is 4.02. The van der Waals surface area contributed by atoms with Gasteiger partial charge in [0.25, 0.3) is 0 Å². The lowest BCUT2D eigenvalue weighted by molar-refractivity contribution is 0.122. The SMILES string of the molecule is Cc1c(C(C)OC(=O)Nc2ccccc2)sc2nc(-c3ccccn3)nn12. The fraction of sp³-hybridized carbons (Fsp3) is 0.158. The predicted molar refractivity (Wildman–Crippen MR) is 104 cm³/mol. The summed E-state index contributed by atoms with van der Waals surface area (Å²) in [5.74, 6) is 0.576. The second kappa shape index (κ2) is 7.16. The zero-order valence-corrected chi connectivity index (χ0v) is 15.6. The minimum Gasteiger partial charge on any atom is -0.440 e. The minimum absolute atomic E-state index is 0.416. The molecule has 7 nitrogen and oxygen atoms in total. The Hall–Kier alpha value is -3.26. The maximum absolute atomic E-state index is 12.1. The van der Waals surface area contributed by atoms with Crippen LogP contribution in [0.5, 0.6) is 0 Å². The zero-order chi connectivity index (χ0) is 18.8. The van der Waals surface area contributed by atoms with E-state index < -0.39 is 12.2 Å². The van der Waals surface area contributed by atoms with Gasteiger partial charge in [0, 0.05) is 11.9 Å². The van der Waals surface area contributed by atoms with Crippen LogP contribution in [0.4, 0.5) is 10.5 Å². The number of para-hydroxylation sites is 1. The van der Waals surface area contributed by atoms with E-state index in [-0.39, 0.29) is 0 Å². The number of amides is 1. The Labute approximate surface area is 159 Å². The van der Waals surface area contributed by atoms with E-state index >= 15 is 0 Å². The second-order valence-corrected chi connectivity index (χ2v) is 6.94. The summed E-state index contributed by atoms with van der Waals surface area (Å²) in [6.07, 6.45) is 0.797. The zero-order valence-electron chi connectivity index (χ0n) is 14.8. The highest BCUT2D eigenvalue weighted by Gasteiger charge is 2.21. The predicted octanol–water partition coefficient (Wildman–Crippen LogP) is 4.47. The van der Waals surface area contributed by atoms with E-state index in [0.29, 0.717) is 11.5 Å². The van der Waals surface area contributed by atoms with Crippen LogP contribution >= 0.6 is 11.3 Å². The molecule has 3 aromatic heterocycles. The third kappa shape index (κ3) is 3.52. The summed E-state index contributed by atoms with van der Waals surface area (Å²) >= 11 is 1.45. The van der Waals surface area contributed by atoms with Crippen LogP contribution in [-0.2, 0) is 4.74 Å². The van der Waals surface area contributed by atoms with Crippen molar-refractivity contribution >= 4 is 28.1 Å². The largest absolute Gasteiger partial charge is 0.440 e. The van der Waals surface area contributed by atoms with E-state index in [4.69, 9.17) is 4.74 Å². The Kier molecular flexibility index (Phi) is 4.55. The van der Waals surface area contributed by atoms with Crippen LogP contribution in [0.1, 0.15) is 23.6 Å². The summed E-state index contributed by atoms with van der Waals surface area (Å²) in [5.41, 5.74) is 2.31. The number of hydrogen-bond acceptors (Lipinski definition) is 6. The van der Waals surface area contributed by atoms with Crippen LogP contribution in [0.3, 0.4) is 0 Å². The molecule has 8 heteroatoms. The van der Waals surface area contributed by atoms with Crippen molar-refractivity contribution in [1.82, 2.24) is 19.6 Å². The number of nitrogens with one attached hydrogen (secondary N) is 1. The van der Waals surface area contributed by atoms with Gasteiger partial charge >= 0.3 is 6.09 Å². The highest BCUT2D eigenvalue weighted by atomic mass is 32.1. The Balaban J connectivity index is 1.52. The van der Waals surface area contributed by atoms with Crippen LogP contribution in [0.15, 0.2) is 54.7 Å². The Morgan fingerprint density at radius 1 is 1.19 bits per heavy atom. The van der Waals surface area contributed by atoms with Crippen LogP contribution in [0.2, 0.25) is 0 Å². The number of aryl methyl sites for hydroxylation is 1. The Bertz CT molecular complexity index is 1080. The van der Waals surface area contributed by atoms with Gasteiger partial charge in [-0.2, -0.15) is 4.98 Å². The van der Waals surface area contributed by atoms with Gasteiger partial charge in [0.05, 0.1) is 10.6 Å². The molecule has 0 saturated carbocycles. The lowest BCUT2D eigenvalue weighted by atomic mass is 10.3. The molecular formula is C19H17N5O2S. The van der Waals surface area contributed by atoms with Gasteiger partial charge in [-0.3, -0.25) is 10.3 Å². The van der Waals surface area contributed by atoms with Crippen molar-refractivity contribution in [3.05, 3.63) is 65.3 Å². The van der Waals surface area contributed by atoms with E-state index in [1.807, 2.05) is 50.2 Å². The van der Waals surface area contributed by atoms with E-state index in [9.17, 15) is 4.79 Å². The summed E-state index contributed by atoms with van der Waals surface area (Å²) < 4.78 is 7.28. The van der Waals surface area contributed by atoms with E-state index in [1.165, 1.54) is 11.3 Å². The number of pyridine rings is 1. The van der Waals surface area contributed by atoms with E-state index in [2.05, 4.69) is 20.4 Å². The number of carbonyl (C=O) groups excluding carboxylic acids is 1. The number of thiazole rings is 1. The highest BCUT2D eigenvalue weighted by molar-refractivity contribution is 7.17. The van der Waals surface area contributed by atoms with Crippen molar-refractivity contribution in [2.24, 2.45) is 0 Å². The average molecular weight is 379 g/mol. The van der Waals surface area contributed by atoms with Crippen molar-refractivity contribution in [3.63, 3.8) is 0 Å². The lowest BCUT2D eigenvalue weighted by Crippen LogP contribution is -2.16. The number of rotatable bonds is 4. The van der Waals surface area contributed by atoms with Gasteiger partial charge in [0.2, 0.25) is 10.8 Å². The molecule has 1 aromatic carbocycles. The first kappa shape index (κ1) is 17.2. The molecule has 0 radical (unpaired) electrons. The molecule has 1 atom stereocenters. The number of aromatic nitrogens is 4. The maximum atomic E-state index is 12.1. The molecule has 27 heavy (non-hydrogen) atoms. The highest BCUT2D eigenvalue weighted by Crippen LogP contribution is 2.31. The second-order valence-electron chi connectivity index (χ2n) is 5.94. The van der Waals surface area contributed by atoms with Gasteiger partial charge in [-0.05, 0) is 38.1 Å². The number of fused-ring (bicyclic) bond motifs is 1. The van der Waals surface area contributed by atoms with Crippen LogP contribution in [0, 0.1) is 6.92 Å². The fourth-order valence-electron chi connectivity index (χ4n) is 2.72. The summed E-state index contributed by atoms with van der Waals surface area (Å²) in [4.78, 5) is 22.6. The minimum atomic E-state index is -0.499. The molecule has 1 N–H and O–H groups in total. The monoisotopic (exact) mass is 379 g/mol. The van der Waals surface area contributed by atoms with Crippen LogP contribution in [0.25, 0.3) is 16.5 Å². The number of ether oxygens (including phenoxy) is 1. The summed E-state index contributed by atoms with van der Waals surface area (Å²) in [6.45, 7) is 3.77. The first-order chi connectivity index (χ1) is 13.1. The summed E-state index contributed by atoms with van der Waals surface area (Å²) in [6, 6.07) is 14.8. The van der Waals surface area contributed by atoms with E-state index in [1.54, 1.807) is 22.8 Å². The molecule has 0 aliphatic heterocycles. The third-order valence-corrected chi connectivity index (χ3v) is 5.31. The molecule has 4 aromatic rings. The summed E-state index contributed by atoms with van der Waals surface area (Å²) in [5, 5.41) is 7.25. The number of carbonyl (C=O) groups is 1. The van der Waals surface area contributed by atoms with E-state index in [0.717, 1.165) is 21.2 Å².